The average molecular weight is 312 g/mol. The van der Waals surface area contributed by atoms with E-state index in [4.69, 9.17) is 4.74 Å². The molecule has 118 valence electrons. The van der Waals surface area contributed by atoms with Gasteiger partial charge in [0.2, 0.25) is 0 Å². The molecule has 1 aromatic heterocycles. The lowest BCUT2D eigenvalue weighted by Crippen LogP contribution is -2.31. The number of hydrogen-bond acceptors (Lipinski definition) is 4. The van der Waals surface area contributed by atoms with Gasteiger partial charge in [-0.1, -0.05) is 0 Å². The van der Waals surface area contributed by atoms with E-state index in [1.54, 1.807) is 42.5 Å². The highest BCUT2D eigenvalue weighted by atomic mass is 16.5. The number of carbonyl (C=O) groups excluding carboxylic acids is 2. The summed E-state index contributed by atoms with van der Waals surface area (Å²) in [5.74, 6) is 0.352. The molecule has 2 aromatic rings. The predicted octanol–water partition coefficient (Wildman–Crippen LogP) is 2.08. The Morgan fingerprint density at radius 2 is 2.13 bits per heavy atom. The zero-order valence-corrected chi connectivity index (χ0v) is 12.6. The summed E-state index contributed by atoms with van der Waals surface area (Å²) < 4.78 is 5.33. The number of hydrogen-bond donors (Lipinski definition) is 2. The summed E-state index contributed by atoms with van der Waals surface area (Å²) >= 11 is 0. The molecule has 0 radical (unpaired) electrons. The van der Waals surface area contributed by atoms with Crippen LogP contribution < -0.4 is 15.4 Å². The first kappa shape index (κ1) is 14.8. The molecule has 1 aliphatic heterocycles. The molecule has 0 atom stereocenters. The maximum atomic E-state index is 12.2. The Bertz CT molecular complexity index is 733. The summed E-state index contributed by atoms with van der Waals surface area (Å²) in [6, 6.07) is 8.59. The van der Waals surface area contributed by atoms with Crippen LogP contribution in [0.15, 0.2) is 42.7 Å². The first-order chi connectivity index (χ1) is 11.1. The van der Waals surface area contributed by atoms with Crippen LogP contribution in [-0.2, 0) is 11.3 Å². The number of urea groups is 1. The van der Waals surface area contributed by atoms with Gasteiger partial charge in [-0.2, -0.15) is 0 Å². The normalized spacial score (nSPS) is 12.7. The van der Waals surface area contributed by atoms with Crippen LogP contribution in [0, 0.1) is 0 Å². The molecule has 0 fully saturated rings. The summed E-state index contributed by atoms with van der Waals surface area (Å²) in [6.07, 6.45) is 3.38. The van der Waals surface area contributed by atoms with E-state index in [0.717, 1.165) is 5.56 Å². The van der Waals surface area contributed by atoms with Gasteiger partial charge in [-0.15, -0.1) is 0 Å². The second-order valence-corrected chi connectivity index (χ2v) is 5.19. The van der Waals surface area contributed by atoms with Crippen LogP contribution >= 0.6 is 0 Å². The van der Waals surface area contributed by atoms with Crippen molar-refractivity contribution >= 4 is 23.3 Å². The van der Waals surface area contributed by atoms with Crippen molar-refractivity contribution in [1.82, 2.24) is 9.88 Å². The van der Waals surface area contributed by atoms with Crippen molar-refractivity contribution in [2.75, 3.05) is 24.3 Å². The van der Waals surface area contributed by atoms with Crippen molar-refractivity contribution in [3.63, 3.8) is 0 Å². The minimum absolute atomic E-state index is 0.0215. The maximum absolute atomic E-state index is 12.2. The first-order valence-electron chi connectivity index (χ1n) is 7.09. The van der Waals surface area contributed by atoms with Crippen LogP contribution in [0.4, 0.5) is 16.2 Å². The lowest BCUT2D eigenvalue weighted by molar-refractivity contribution is -0.118. The highest BCUT2D eigenvalue weighted by Gasteiger charge is 2.17. The van der Waals surface area contributed by atoms with E-state index in [2.05, 4.69) is 15.6 Å². The molecule has 1 aromatic carbocycles. The molecule has 2 heterocycles. The molecule has 1 aliphatic rings. The molecule has 0 spiro atoms. The molecule has 0 bridgehead atoms. The van der Waals surface area contributed by atoms with Crippen LogP contribution in [0.5, 0.6) is 5.75 Å². The monoisotopic (exact) mass is 312 g/mol. The average Bonchev–Trinajstić information content (AvgIpc) is 2.56. The zero-order valence-electron chi connectivity index (χ0n) is 12.6. The number of anilines is 2. The van der Waals surface area contributed by atoms with Gasteiger partial charge in [0.15, 0.2) is 6.61 Å². The number of nitrogens with zero attached hydrogens (tertiary/aromatic N) is 2. The minimum atomic E-state index is -0.235. The molecular formula is C16H16N4O3. The Morgan fingerprint density at radius 1 is 1.35 bits per heavy atom. The van der Waals surface area contributed by atoms with Gasteiger partial charge >= 0.3 is 6.03 Å². The number of aromatic nitrogens is 1. The van der Waals surface area contributed by atoms with Gasteiger partial charge in [-0.05, 0) is 29.8 Å². The van der Waals surface area contributed by atoms with E-state index in [1.807, 2.05) is 12.1 Å². The van der Waals surface area contributed by atoms with Gasteiger partial charge in [0.1, 0.15) is 5.75 Å². The van der Waals surface area contributed by atoms with Crippen molar-refractivity contribution in [3.05, 3.63) is 48.3 Å². The Kier molecular flexibility index (Phi) is 4.09. The fourth-order valence-electron chi connectivity index (χ4n) is 2.21. The highest BCUT2D eigenvalue weighted by Crippen LogP contribution is 2.30. The largest absolute Gasteiger partial charge is 0.482 e. The van der Waals surface area contributed by atoms with Crippen LogP contribution in [0.25, 0.3) is 0 Å². The predicted molar refractivity (Wildman–Crippen MR) is 85.3 cm³/mol. The molecule has 2 N–H and O–H groups in total. The van der Waals surface area contributed by atoms with Gasteiger partial charge in [0, 0.05) is 37.7 Å². The Morgan fingerprint density at radius 3 is 2.91 bits per heavy atom. The molecule has 0 unspecified atom stereocenters. The van der Waals surface area contributed by atoms with Crippen LogP contribution in [-0.4, -0.2) is 35.5 Å². The molecule has 7 heteroatoms. The summed E-state index contributed by atoms with van der Waals surface area (Å²) in [5.41, 5.74) is 2.20. The number of amides is 3. The SMILES string of the molecule is CN(Cc1ccncc1)C(=O)Nc1ccc2c(c1)OCC(=O)N2. The van der Waals surface area contributed by atoms with Crippen molar-refractivity contribution in [1.29, 1.82) is 0 Å². The Balaban J connectivity index is 1.64. The number of rotatable bonds is 3. The Hall–Kier alpha value is -3.09. The summed E-state index contributed by atoms with van der Waals surface area (Å²) in [6.45, 7) is 0.457. The van der Waals surface area contributed by atoms with Gasteiger partial charge < -0.3 is 20.3 Å². The van der Waals surface area contributed by atoms with Gasteiger partial charge in [0.05, 0.1) is 5.69 Å². The highest BCUT2D eigenvalue weighted by molar-refractivity contribution is 5.96. The van der Waals surface area contributed by atoms with E-state index >= 15 is 0 Å². The van der Waals surface area contributed by atoms with Gasteiger partial charge in [-0.25, -0.2) is 4.79 Å². The minimum Gasteiger partial charge on any atom is -0.482 e. The maximum Gasteiger partial charge on any atom is 0.321 e. The van der Waals surface area contributed by atoms with Crippen molar-refractivity contribution in [2.45, 2.75) is 6.54 Å². The fraction of sp³-hybridized carbons (Fsp3) is 0.188. The quantitative estimate of drug-likeness (QED) is 0.909. The summed E-state index contributed by atoms with van der Waals surface area (Å²) in [7, 11) is 1.71. The molecule has 23 heavy (non-hydrogen) atoms. The zero-order chi connectivity index (χ0) is 16.2. The van der Waals surface area contributed by atoms with Crippen molar-refractivity contribution in [3.8, 4) is 5.75 Å². The standard InChI is InChI=1S/C16H16N4O3/c1-20(9-11-4-6-17-7-5-11)16(22)18-12-2-3-13-14(8-12)23-10-15(21)19-13/h2-8H,9-10H2,1H3,(H,18,22)(H,19,21). The van der Waals surface area contributed by atoms with Crippen molar-refractivity contribution < 1.29 is 14.3 Å². The third kappa shape index (κ3) is 3.57. The fourth-order valence-corrected chi connectivity index (χ4v) is 2.21. The molecule has 0 saturated heterocycles. The van der Waals surface area contributed by atoms with E-state index in [9.17, 15) is 9.59 Å². The van der Waals surface area contributed by atoms with E-state index in [-0.39, 0.29) is 18.5 Å². The van der Waals surface area contributed by atoms with E-state index in [1.165, 1.54) is 0 Å². The molecule has 0 aliphatic carbocycles. The second kappa shape index (κ2) is 6.35. The molecule has 3 amide bonds. The van der Waals surface area contributed by atoms with E-state index < -0.39 is 0 Å². The lowest BCUT2D eigenvalue weighted by Gasteiger charge is -2.20. The van der Waals surface area contributed by atoms with Crippen molar-refractivity contribution in [2.24, 2.45) is 0 Å². The lowest BCUT2D eigenvalue weighted by atomic mass is 10.2. The van der Waals surface area contributed by atoms with E-state index in [0.29, 0.717) is 23.7 Å². The number of ether oxygens (including phenoxy) is 1. The second-order valence-electron chi connectivity index (χ2n) is 5.19. The molecular weight excluding hydrogens is 296 g/mol. The smallest absolute Gasteiger partial charge is 0.321 e. The molecule has 3 rings (SSSR count). The van der Waals surface area contributed by atoms with Crippen LogP contribution in [0.3, 0.4) is 0 Å². The number of fused-ring (bicyclic) bond motifs is 1. The number of carbonyl (C=O) groups is 2. The van der Waals surface area contributed by atoms with Gasteiger partial charge in [-0.3, -0.25) is 9.78 Å². The van der Waals surface area contributed by atoms with Crippen LogP contribution in [0.2, 0.25) is 0 Å². The topological polar surface area (TPSA) is 83.6 Å². The number of pyridine rings is 1. The molecule has 0 saturated carbocycles. The number of nitrogens with one attached hydrogen (secondary N) is 2. The number of benzene rings is 1. The summed E-state index contributed by atoms with van der Waals surface area (Å²) in [5, 5.41) is 5.50. The van der Waals surface area contributed by atoms with Crippen LogP contribution in [0.1, 0.15) is 5.56 Å². The third-order valence-electron chi connectivity index (χ3n) is 3.38. The molecule has 7 nitrogen and oxygen atoms in total. The first-order valence-corrected chi connectivity index (χ1v) is 7.09. The summed E-state index contributed by atoms with van der Waals surface area (Å²) in [4.78, 5) is 29.0. The van der Waals surface area contributed by atoms with Gasteiger partial charge in [0.25, 0.3) is 5.91 Å². The third-order valence-corrected chi connectivity index (χ3v) is 3.38. The Labute approximate surface area is 133 Å².